The van der Waals surface area contributed by atoms with Crippen LogP contribution in [0.15, 0.2) is 33.4 Å². The van der Waals surface area contributed by atoms with Crippen molar-refractivity contribution >= 4 is 34.7 Å². The minimum atomic E-state index is -0.483. The third kappa shape index (κ3) is 3.40. The Kier molecular flexibility index (Phi) is 5.17. The van der Waals surface area contributed by atoms with Crippen molar-refractivity contribution in [2.75, 3.05) is 5.32 Å². The van der Waals surface area contributed by atoms with Crippen LogP contribution in [0.2, 0.25) is 0 Å². The van der Waals surface area contributed by atoms with Gasteiger partial charge in [-0.25, -0.2) is 0 Å². The van der Waals surface area contributed by atoms with E-state index in [1.165, 1.54) is 17.6 Å². The Morgan fingerprint density at radius 1 is 1.38 bits per heavy atom. The molecule has 1 saturated carbocycles. The first-order valence-corrected chi connectivity index (χ1v) is 8.95. The monoisotopic (exact) mass is 394 g/mol. The Hall–Kier alpha value is -2.16. The summed E-state index contributed by atoms with van der Waals surface area (Å²) < 4.78 is 10.5. The molecule has 0 bridgehead atoms. The molecule has 1 fully saturated rings. The maximum atomic E-state index is 12.1. The summed E-state index contributed by atoms with van der Waals surface area (Å²) in [5, 5.41) is 7.60. The van der Waals surface area contributed by atoms with E-state index in [1.54, 1.807) is 12.1 Å². The fourth-order valence-corrected chi connectivity index (χ4v) is 4.07. The van der Waals surface area contributed by atoms with Crippen LogP contribution in [0, 0.1) is 6.92 Å². The van der Waals surface area contributed by atoms with Crippen molar-refractivity contribution in [3.05, 3.63) is 41.6 Å². The van der Waals surface area contributed by atoms with Crippen molar-refractivity contribution in [2.45, 2.75) is 38.1 Å². The van der Waals surface area contributed by atoms with E-state index in [-0.39, 0.29) is 24.1 Å². The smallest absolute Gasteiger partial charge is 0.291 e. The Bertz CT molecular complexity index is 897. The van der Waals surface area contributed by atoms with Gasteiger partial charge in [0.2, 0.25) is 0 Å². The van der Waals surface area contributed by atoms with Gasteiger partial charge >= 0.3 is 0 Å². The van der Waals surface area contributed by atoms with Crippen LogP contribution >= 0.6 is 23.7 Å². The van der Waals surface area contributed by atoms with Crippen LogP contribution in [-0.4, -0.2) is 16.0 Å². The van der Waals surface area contributed by atoms with Gasteiger partial charge in [-0.1, -0.05) is 18.0 Å². The van der Waals surface area contributed by atoms with Gasteiger partial charge in [0, 0.05) is 0 Å². The number of carbonyl (C=O) groups excluding carboxylic acids is 1. The zero-order chi connectivity index (χ0) is 17.4. The zero-order valence-electron chi connectivity index (χ0n) is 14.2. The first kappa shape index (κ1) is 18.6. The van der Waals surface area contributed by atoms with Crippen LogP contribution in [0.25, 0.3) is 10.8 Å². The van der Waals surface area contributed by atoms with Crippen LogP contribution in [0.5, 0.6) is 0 Å². The van der Waals surface area contributed by atoms with Crippen molar-refractivity contribution in [3.63, 3.8) is 0 Å². The standard InChI is InChI=1S/C17H18N4O3S.ClH/c1-10-9-12(19-14(22)11-5-4-8-23-11)25-13(10)15-20-16(21-24-15)17(18)6-2-3-7-17;/h4-5,8-9H,2-3,6-7,18H2,1H3,(H,19,22);1H. The fraction of sp³-hybridized carbons (Fsp3) is 0.353. The van der Waals surface area contributed by atoms with E-state index >= 15 is 0 Å². The van der Waals surface area contributed by atoms with Crippen molar-refractivity contribution < 1.29 is 13.7 Å². The second kappa shape index (κ2) is 7.22. The number of thiophene rings is 1. The highest BCUT2D eigenvalue weighted by Gasteiger charge is 2.36. The van der Waals surface area contributed by atoms with Gasteiger partial charge in [-0.2, -0.15) is 4.98 Å². The molecule has 138 valence electrons. The largest absolute Gasteiger partial charge is 0.459 e. The summed E-state index contributed by atoms with van der Waals surface area (Å²) >= 11 is 1.38. The predicted molar refractivity (Wildman–Crippen MR) is 101 cm³/mol. The molecule has 0 unspecified atom stereocenters. The van der Waals surface area contributed by atoms with Gasteiger partial charge in [-0.15, -0.1) is 23.7 Å². The number of rotatable bonds is 4. The van der Waals surface area contributed by atoms with E-state index in [1.807, 2.05) is 13.0 Å². The maximum absolute atomic E-state index is 12.1. The molecule has 1 aliphatic rings. The lowest BCUT2D eigenvalue weighted by atomic mass is 9.99. The highest BCUT2D eigenvalue weighted by molar-refractivity contribution is 7.19. The SMILES string of the molecule is Cc1cc(NC(=O)c2ccco2)sc1-c1nc(C2(N)CCCC2)no1.Cl. The van der Waals surface area contributed by atoms with Crippen LogP contribution in [0.4, 0.5) is 5.00 Å². The summed E-state index contributed by atoms with van der Waals surface area (Å²) in [4.78, 5) is 17.4. The molecule has 26 heavy (non-hydrogen) atoms. The van der Waals surface area contributed by atoms with Gasteiger partial charge < -0.3 is 20.0 Å². The number of anilines is 1. The van der Waals surface area contributed by atoms with Gasteiger partial charge in [0.1, 0.15) is 0 Å². The van der Waals surface area contributed by atoms with E-state index < -0.39 is 5.54 Å². The van der Waals surface area contributed by atoms with Crippen LogP contribution < -0.4 is 11.1 Å². The molecule has 4 rings (SSSR count). The maximum Gasteiger partial charge on any atom is 0.291 e. The average molecular weight is 395 g/mol. The molecule has 3 N–H and O–H groups in total. The molecule has 0 saturated heterocycles. The number of nitrogens with two attached hydrogens (primary N) is 1. The molecule has 7 nitrogen and oxygen atoms in total. The molecule has 1 amide bonds. The molecule has 3 aromatic rings. The van der Waals surface area contributed by atoms with E-state index in [0.717, 1.165) is 36.1 Å². The summed E-state index contributed by atoms with van der Waals surface area (Å²) in [7, 11) is 0. The van der Waals surface area contributed by atoms with Crippen LogP contribution in [0.3, 0.4) is 0 Å². The number of hydrogen-bond acceptors (Lipinski definition) is 7. The predicted octanol–water partition coefficient (Wildman–Crippen LogP) is 4.10. The number of hydrogen-bond donors (Lipinski definition) is 2. The zero-order valence-corrected chi connectivity index (χ0v) is 15.8. The number of nitrogens with zero attached hydrogens (tertiary/aromatic N) is 2. The van der Waals surface area contributed by atoms with Gasteiger partial charge in [0.05, 0.1) is 21.7 Å². The number of nitrogens with one attached hydrogen (secondary N) is 1. The first-order chi connectivity index (χ1) is 12.0. The minimum absolute atomic E-state index is 0. The molecule has 0 atom stereocenters. The Balaban J connectivity index is 0.00000196. The lowest BCUT2D eigenvalue weighted by Gasteiger charge is -2.17. The third-order valence-electron chi connectivity index (χ3n) is 4.46. The summed E-state index contributed by atoms with van der Waals surface area (Å²) in [5.74, 6) is 0.969. The van der Waals surface area contributed by atoms with Gasteiger partial charge in [0.25, 0.3) is 11.8 Å². The number of aryl methyl sites for hydroxylation is 1. The van der Waals surface area contributed by atoms with Crippen LogP contribution in [-0.2, 0) is 5.54 Å². The van der Waals surface area contributed by atoms with Gasteiger partial charge in [0.15, 0.2) is 11.6 Å². The topological polar surface area (TPSA) is 107 Å². The number of furan rings is 1. The highest BCUT2D eigenvalue weighted by Crippen LogP contribution is 2.38. The molecule has 0 radical (unpaired) electrons. The molecule has 9 heteroatoms. The molecule has 0 aromatic carbocycles. The van der Waals surface area contributed by atoms with Gasteiger partial charge in [-0.3, -0.25) is 4.79 Å². The average Bonchev–Trinajstić information content (AvgIpc) is 3.34. The fourth-order valence-electron chi connectivity index (χ4n) is 3.08. The lowest BCUT2D eigenvalue weighted by Crippen LogP contribution is -2.34. The van der Waals surface area contributed by atoms with Crippen molar-refractivity contribution in [1.29, 1.82) is 0 Å². The van der Waals surface area contributed by atoms with Crippen molar-refractivity contribution in [3.8, 4) is 10.8 Å². The lowest BCUT2D eigenvalue weighted by molar-refractivity contribution is 0.0997. The molecule has 0 aliphatic heterocycles. The van der Waals surface area contributed by atoms with Crippen molar-refractivity contribution in [1.82, 2.24) is 10.1 Å². The molecule has 3 heterocycles. The quantitative estimate of drug-likeness (QED) is 0.689. The summed E-state index contributed by atoms with van der Waals surface area (Å²) in [5.41, 5.74) is 6.85. The minimum Gasteiger partial charge on any atom is -0.459 e. The first-order valence-electron chi connectivity index (χ1n) is 8.14. The number of aromatic nitrogens is 2. The summed E-state index contributed by atoms with van der Waals surface area (Å²) in [6.07, 6.45) is 5.38. The molecule has 1 aliphatic carbocycles. The second-order valence-electron chi connectivity index (χ2n) is 6.34. The molecule has 3 aromatic heterocycles. The molecular formula is C17H19ClN4O3S. The van der Waals surface area contributed by atoms with E-state index in [0.29, 0.717) is 16.7 Å². The van der Waals surface area contributed by atoms with Crippen LogP contribution in [0.1, 0.15) is 47.6 Å². The number of amides is 1. The second-order valence-corrected chi connectivity index (χ2v) is 7.39. The Morgan fingerprint density at radius 3 is 2.85 bits per heavy atom. The normalized spacial score (nSPS) is 15.6. The van der Waals surface area contributed by atoms with E-state index in [2.05, 4.69) is 15.5 Å². The molecular weight excluding hydrogens is 376 g/mol. The van der Waals surface area contributed by atoms with E-state index in [9.17, 15) is 4.79 Å². The van der Waals surface area contributed by atoms with Crippen molar-refractivity contribution in [2.24, 2.45) is 5.73 Å². The Labute approximate surface area is 160 Å². The highest BCUT2D eigenvalue weighted by atomic mass is 35.5. The van der Waals surface area contributed by atoms with E-state index in [4.69, 9.17) is 14.7 Å². The third-order valence-corrected chi connectivity index (χ3v) is 5.60. The number of halogens is 1. The number of carbonyl (C=O) groups is 1. The summed E-state index contributed by atoms with van der Waals surface area (Å²) in [6, 6.07) is 5.16. The van der Waals surface area contributed by atoms with Gasteiger partial charge in [-0.05, 0) is 43.5 Å². The Morgan fingerprint density at radius 2 is 2.15 bits per heavy atom. The summed E-state index contributed by atoms with van der Waals surface area (Å²) in [6.45, 7) is 1.94. The molecule has 0 spiro atoms.